The first-order chi connectivity index (χ1) is 33.0. The molecule has 2 aliphatic heterocycles. The van der Waals surface area contributed by atoms with Crippen LogP contribution in [0.3, 0.4) is 0 Å². The molecule has 0 bridgehead atoms. The summed E-state index contributed by atoms with van der Waals surface area (Å²) in [6.45, 7) is 2.37. The Kier molecular flexibility index (Phi) is 35.6. The number of ether oxygens (including phenoxy) is 6. The molecule has 2 fully saturated rings. The van der Waals surface area contributed by atoms with Crippen molar-refractivity contribution in [2.75, 3.05) is 26.4 Å². The average Bonchev–Trinajstić information content (AvgIpc) is 3.33. The Balaban J connectivity index is 1.84. The van der Waals surface area contributed by atoms with Gasteiger partial charge >= 0.3 is 11.9 Å². The van der Waals surface area contributed by atoms with Gasteiger partial charge in [-0.1, -0.05) is 145 Å². The summed E-state index contributed by atoms with van der Waals surface area (Å²) in [5.41, 5.74) is 0. The highest BCUT2D eigenvalue weighted by Crippen LogP contribution is 2.26. The van der Waals surface area contributed by atoms with E-state index in [1.165, 1.54) is 44.9 Å². The maximum Gasteiger partial charge on any atom is 0.306 e. The van der Waals surface area contributed by atoms with Crippen LogP contribution < -0.4 is 0 Å². The van der Waals surface area contributed by atoms with Crippen molar-refractivity contribution >= 4 is 11.9 Å². The number of hydrogen-bond acceptors (Lipinski definition) is 15. The van der Waals surface area contributed by atoms with Gasteiger partial charge in [0.1, 0.15) is 55.4 Å². The molecule has 2 aliphatic rings. The standard InChI is InChI=1S/C53H88O15/c1-3-5-7-9-11-13-15-17-19-20-22-23-25-27-29-31-33-35-44(55)63-38-41(66-45(56)36-34-32-30-28-26-24-21-18-16-14-12-10-8-6-4-2)39-64-52-51(62)49(60)47(58)43(68-52)40-65-53-50(61)48(59)46(57)42(37-54)67-53/h5,7,10-13,17,19,22-23,27,29,41-43,46-54,57-62H,3-4,6,8-9,14-16,18,20-21,24-26,28,30-40H2,1-2H3/b7-5+,12-10+,13-11+,19-17+,23-22+,29-27+/t41-,42+,43+,46-,47-,48?,49?,50?,51?,52+,53+/m0/s1. The van der Waals surface area contributed by atoms with Crippen molar-refractivity contribution in [2.24, 2.45) is 0 Å². The second-order valence-corrected chi connectivity index (χ2v) is 17.6. The fraction of sp³-hybridized carbons (Fsp3) is 0.736. The van der Waals surface area contributed by atoms with E-state index >= 15 is 0 Å². The molecule has 2 heterocycles. The molecule has 0 radical (unpaired) electrons. The molecule has 2 saturated heterocycles. The number of unbranched alkanes of at least 4 members (excludes halogenated alkanes) is 12. The predicted octanol–water partition coefficient (Wildman–Crippen LogP) is 7.04. The van der Waals surface area contributed by atoms with Gasteiger partial charge in [0, 0.05) is 12.8 Å². The molecule has 15 nitrogen and oxygen atoms in total. The molecule has 11 atom stereocenters. The number of hydrogen-bond donors (Lipinski definition) is 7. The molecule has 4 unspecified atom stereocenters. The highest BCUT2D eigenvalue weighted by Gasteiger charge is 2.47. The average molecular weight is 965 g/mol. The van der Waals surface area contributed by atoms with Gasteiger partial charge in [-0.15, -0.1) is 0 Å². The lowest BCUT2D eigenvalue weighted by molar-refractivity contribution is -0.332. The van der Waals surface area contributed by atoms with E-state index in [9.17, 15) is 45.3 Å². The summed E-state index contributed by atoms with van der Waals surface area (Å²) in [4.78, 5) is 25.7. The van der Waals surface area contributed by atoms with Crippen LogP contribution in [0.5, 0.6) is 0 Å². The summed E-state index contributed by atoms with van der Waals surface area (Å²) >= 11 is 0. The van der Waals surface area contributed by atoms with E-state index in [-0.39, 0.29) is 19.4 Å². The van der Waals surface area contributed by atoms with Crippen molar-refractivity contribution < 1.29 is 73.8 Å². The van der Waals surface area contributed by atoms with E-state index in [2.05, 4.69) is 74.6 Å². The molecule has 15 heteroatoms. The minimum Gasteiger partial charge on any atom is -0.462 e. The Hall–Kier alpha value is -3.06. The van der Waals surface area contributed by atoms with Crippen LogP contribution in [0.25, 0.3) is 0 Å². The Bertz CT molecular complexity index is 1460. The molecule has 0 amide bonds. The van der Waals surface area contributed by atoms with E-state index in [0.29, 0.717) is 19.3 Å². The van der Waals surface area contributed by atoms with Crippen molar-refractivity contribution in [1.29, 1.82) is 0 Å². The number of aliphatic hydroxyl groups excluding tert-OH is 7. The Morgan fingerprint density at radius 1 is 0.485 bits per heavy atom. The zero-order chi connectivity index (χ0) is 49.6. The number of allylic oxidation sites excluding steroid dienone is 12. The van der Waals surface area contributed by atoms with Crippen LogP contribution in [0.1, 0.15) is 155 Å². The first kappa shape index (κ1) is 61.1. The van der Waals surface area contributed by atoms with Crippen molar-refractivity contribution in [3.05, 3.63) is 72.9 Å². The zero-order valence-electron chi connectivity index (χ0n) is 41.1. The lowest BCUT2D eigenvalue weighted by Crippen LogP contribution is -2.61. The molecule has 0 spiro atoms. The number of esters is 2. The topological polar surface area (TPSA) is 231 Å². The normalized spacial score (nSPS) is 26.4. The Morgan fingerprint density at radius 2 is 0.941 bits per heavy atom. The molecule has 2 rings (SSSR count). The minimum atomic E-state index is -1.78. The monoisotopic (exact) mass is 965 g/mol. The summed E-state index contributed by atoms with van der Waals surface area (Å²) in [6, 6.07) is 0. The molecule has 7 N–H and O–H groups in total. The van der Waals surface area contributed by atoms with Crippen LogP contribution in [0.4, 0.5) is 0 Å². The minimum absolute atomic E-state index is 0.136. The largest absolute Gasteiger partial charge is 0.462 e. The van der Waals surface area contributed by atoms with Gasteiger partial charge in [-0.2, -0.15) is 0 Å². The summed E-state index contributed by atoms with van der Waals surface area (Å²) in [7, 11) is 0. The van der Waals surface area contributed by atoms with Crippen molar-refractivity contribution in [2.45, 2.75) is 223 Å². The predicted molar refractivity (Wildman–Crippen MR) is 261 cm³/mol. The smallest absolute Gasteiger partial charge is 0.306 e. The molecular formula is C53H88O15. The third-order valence-electron chi connectivity index (χ3n) is 11.7. The van der Waals surface area contributed by atoms with Gasteiger partial charge in [-0.05, 0) is 70.6 Å². The van der Waals surface area contributed by atoms with Gasteiger partial charge in [0.05, 0.1) is 19.8 Å². The number of carbonyl (C=O) groups excluding carboxylic acids is 2. The molecule has 0 aliphatic carbocycles. The second-order valence-electron chi connectivity index (χ2n) is 17.6. The van der Waals surface area contributed by atoms with Crippen LogP contribution in [0, 0.1) is 0 Å². The summed E-state index contributed by atoms with van der Waals surface area (Å²) in [6.07, 6.45) is 29.3. The van der Waals surface area contributed by atoms with Crippen LogP contribution in [0.2, 0.25) is 0 Å². The van der Waals surface area contributed by atoms with Gasteiger partial charge in [0.2, 0.25) is 0 Å². The fourth-order valence-corrected chi connectivity index (χ4v) is 7.47. The molecular weight excluding hydrogens is 877 g/mol. The van der Waals surface area contributed by atoms with E-state index in [4.69, 9.17) is 28.4 Å². The summed E-state index contributed by atoms with van der Waals surface area (Å²) in [5.74, 6) is -1.00. The first-order valence-corrected chi connectivity index (χ1v) is 25.5. The van der Waals surface area contributed by atoms with E-state index in [0.717, 1.165) is 64.2 Å². The van der Waals surface area contributed by atoms with Gasteiger partial charge in [0.25, 0.3) is 0 Å². The van der Waals surface area contributed by atoms with Crippen molar-refractivity contribution in [1.82, 2.24) is 0 Å². The molecule has 0 aromatic rings. The maximum absolute atomic E-state index is 13.0. The Labute approximate surface area is 406 Å². The van der Waals surface area contributed by atoms with Gasteiger partial charge in [0.15, 0.2) is 18.7 Å². The number of rotatable bonds is 38. The van der Waals surface area contributed by atoms with E-state index < -0.39 is 99.3 Å². The highest BCUT2D eigenvalue weighted by atomic mass is 16.7. The second kappa shape index (κ2) is 39.6. The Morgan fingerprint density at radius 3 is 1.51 bits per heavy atom. The quantitative estimate of drug-likeness (QED) is 0.0187. The molecule has 0 aromatic carbocycles. The lowest BCUT2D eigenvalue weighted by atomic mass is 9.98. The van der Waals surface area contributed by atoms with E-state index in [1.807, 2.05) is 12.2 Å². The van der Waals surface area contributed by atoms with E-state index in [1.54, 1.807) is 0 Å². The van der Waals surface area contributed by atoms with Gasteiger partial charge in [-0.25, -0.2) is 0 Å². The van der Waals surface area contributed by atoms with Crippen LogP contribution in [0.15, 0.2) is 72.9 Å². The van der Waals surface area contributed by atoms with Crippen LogP contribution >= 0.6 is 0 Å². The molecule has 68 heavy (non-hydrogen) atoms. The highest BCUT2D eigenvalue weighted by molar-refractivity contribution is 5.70. The summed E-state index contributed by atoms with van der Waals surface area (Å²) < 4.78 is 33.5. The van der Waals surface area contributed by atoms with Gasteiger partial charge in [-0.3, -0.25) is 9.59 Å². The SMILES string of the molecule is CC/C=C/C/C=C/C/C=C/C/C=C/C/C=C/CCCC(=O)OC[C@@H](CO[C@@H]1O[C@H](CO[C@@H]2O[C@H](CO)[C@H](O)C(O)C2O)[C@H](O)C(O)C1O)OC(=O)CCCCCCCCCCC/C=C/CCCC. The van der Waals surface area contributed by atoms with Crippen molar-refractivity contribution in [3.8, 4) is 0 Å². The zero-order valence-corrected chi connectivity index (χ0v) is 41.1. The third kappa shape index (κ3) is 27.4. The first-order valence-electron chi connectivity index (χ1n) is 25.5. The fourth-order valence-electron chi connectivity index (χ4n) is 7.47. The van der Waals surface area contributed by atoms with Crippen LogP contribution in [-0.4, -0.2) is 142 Å². The summed E-state index contributed by atoms with van der Waals surface area (Å²) in [5, 5.41) is 72.1. The van der Waals surface area contributed by atoms with Crippen LogP contribution in [-0.2, 0) is 38.0 Å². The third-order valence-corrected chi connectivity index (χ3v) is 11.7. The molecule has 390 valence electrons. The maximum atomic E-state index is 13.0. The van der Waals surface area contributed by atoms with Gasteiger partial charge < -0.3 is 64.2 Å². The lowest BCUT2D eigenvalue weighted by Gasteiger charge is -2.42. The number of aliphatic hydroxyl groups is 7. The molecule has 0 saturated carbocycles. The van der Waals surface area contributed by atoms with Crippen molar-refractivity contribution in [3.63, 3.8) is 0 Å². The molecule has 0 aromatic heterocycles. The number of carbonyl (C=O) groups is 2.